The summed E-state index contributed by atoms with van der Waals surface area (Å²) >= 11 is 0. The van der Waals surface area contributed by atoms with Crippen molar-refractivity contribution in [1.29, 1.82) is 0 Å². The van der Waals surface area contributed by atoms with E-state index >= 15 is 0 Å². The molecule has 0 aliphatic carbocycles. The molecule has 0 radical (unpaired) electrons. The Hall–Kier alpha value is -3.01. The van der Waals surface area contributed by atoms with Crippen LogP contribution in [0.4, 0.5) is 4.39 Å². The summed E-state index contributed by atoms with van der Waals surface area (Å²) in [5.41, 5.74) is 1.25. The van der Waals surface area contributed by atoms with Crippen LogP contribution in [-0.2, 0) is 0 Å². The van der Waals surface area contributed by atoms with Crippen molar-refractivity contribution in [2.75, 3.05) is 0 Å². The van der Waals surface area contributed by atoms with E-state index in [-0.39, 0.29) is 11.3 Å². The SMILES string of the molecule is O=C(/C=C/c1cc2ccccc2[nH]c1=O)c1ccc(F)cc1. The molecule has 0 aliphatic rings. The van der Waals surface area contributed by atoms with Crippen LogP contribution in [0.2, 0.25) is 0 Å². The molecule has 0 bridgehead atoms. The summed E-state index contributed by atoms with van der Waals surface area (Å²) in [4.78, 5) is 26.7. The first-order valence-electron chi connectivity index (χ1n) is 6.73. The lowest BCUT2D eigenvalue weighted by atomic mass is 10.1. The fourth-order valence-corrected chi connectivity index (χ4v) is 2.16. The van der Waals surface area contributed by atoms with Gasteiger partial charge >= 0.3 is 0 Å². The lowest BCUT2D eigenvalue weighted by molar-refractivity contribution is 0.104. The Balaban J connectivity index is 1.92. The summed E-state index contributed by atoms with van der Waals surface area (Å²) in [6, 6.07) is 14.4. The molecule has 1 heterocycles. The second-order valence-electron chi connectivity index (χ2n) is 4.85. The molecule has 0 aliphatic heterocycles. The maximum atomic E-state index is 12.8. The van der Waals surface area contributed by atoms with Gasteiger partial charge in [0.2, 0.25) is 0 Å². The Bertz CT molecular complexity index is 924. The van der Waals surface area contributed by atoms with E-state index in [1.54, 1.807) is 6.07 Å². The number of rotatable bonds is 3. The number of aromatic nitrogens is 1. The van der Waals surface area contributed by atoms with Gasteiger partial charge in [0.1, 0.15) is 5.82 Å². The number of nitrogens with one attached hydrogen (secondary N) is 1. The van der Waals surface area contributed by atoms with Crippen molar-refractivity contribution in [2.24, 2.45) is 0 Å². The van der Waals surface area contributed by atoms with E-state index in [0.29, 0.717) is 11.1 Å². The molecule has 0 fully saturated rings. The quantitative estimate of drug-likeness (QED) is 0.593. The van der Waals surface area contributed by atoms with E-state index < -0.39 is 5.82 Å². The van der Waals surface area contributed by atoms with E-state index in [1.165, 1.54) is 36.4 Å². The van der Waals surface area contributed by atoms with Gasteiger partial charge in [-0.05, 0) is 53.9 Å². The highest BCUT2D eigenvalue weighted by atomic mass is 19.1. The van der Waals surface area contributed by atoms with Crippen LogP contribution in [0, 0.1) is 5.82 Å². The molecule has 2 aromatic carbocycles. The predicted octanol–water partition coefficient (Wildman–Crippen LogP) is 3.56. The maximum Gasteiger partial charge on any atom is 0.255 e. The van der Waals surface area contributed by atoms with Crippen LogP contribution in [0.25, 0.3) is 17.0 Å². The molecule has 0 saturated heterocycles. The second kappa shape index (κ2) is 5.77. The van der Waals surface area contributed by atoms with Crippen LogP contribution in [0.3, 0.4) is 0 Å². The Morgan fingerprint density at radius 3 is 2.55 bits per heavy atom. The third kappa shape index (κ3) is 2.86. The van der Waals surface area contributed by atoms with Gasteiger partial charge in [0.05, 0.1) is 0 Å². The van der Waals surface area contributed by atoms with Crippen molar-refractivity contribution in [3.05, 3.63) is 88.0 Å². The number of hydrogen-bond acceptors (Lipinski definition) is 2. The van der Waals surface area contributed by atoms with Crippen molar-refractivity contribution in [1.82, 2.24) is 4.98 Å². The molecule has 108 valence electrons. The smallest absolute Gasteiger partial charge is 0.255 e. The van der Waals surface area contributed by atoms with Gasteiger partial charge in [-0.15, -0.1) is 0 Å². The molecule has 3 nitrogen and oxygen atoms in total. The summed E-state index contributed by atoms with van der Waals surface area (Å²) in [5.74, 6) is -0.681. The van der Waals surface area contributed by atoms with Gasteiger partial charge in [0.25, 0.3) is 5.56 Å². The number of para-hydroxylation sites is 1. The number of pyridine rings is 1. The van der Waals surface area contributed by atoms with Crippen molar-refractivity contribution in [2.45, 2.75) is 0 Å². The van der Waals surface area contributed by atoms with E-state index in [4.69, 9.17) is 0 Å². The monoisotopic (exact) mass is 293 g/mol. The van der Waals surface area contributed by atoms with E-state index in [9.17, 15) is 14.0 Å². The Labute approximate surface area is 125 Å². The number of aromatic amines is 1. The van der Waals surface area contributed by atoms with Gasteiger partial charge in [-0.3, -0.25) is 9.59 Å². The normalized spacial score (nSPS) is 11.1. The highest BCUT2D eigenvalue weighted by Crippen LogP contribution is 2.11. The zero-order valence-corrected chi connectivity index (χ0v) is 11.5. The predicted molar refractivity (Wildman–Crippen MR) is 84.3 cm³/mol. The highest BCUT2D eigenvalue weighted by molar-refractivity contribution is 6.06. The molecule has 3 rings (SSSR count). The fraction of sp³-hybridized carbons (Fsp3) is 0. The van der Waals surface area contributed by atoms with Gasteiger partial charge in [0, 0.05) is 16.6 Å². The molecule has 0 amide bonds. The molecule has 1 N–H and O–H groups in total. The molecule has 3 aromatic rings. The van der Waals surface area contributed by atoms with Crippen LogP contribution in [0.15, 0.2) is 65.5 Å². The molecule has 0 atom stereocenters. The topological polar surface area (TPSA) is 49.9 Å². The van der Waals surface area contributed by atoms with Crippen LogP contribution < -0.4 is 5.56 Å². The first kappa shape index (κ1) is 13.9. The minimum atomic E-state index is -0.397. The molecule has 0 unspecified atom stereocenters. The summed E-state index contributed by atoms with van der Waals surface area (Å²) in [6.45, 7) is 0. The van der Waals surface area contributed by atoms with Crippen molar-refractivity contribution >= 4 is 22.8 Å². The molecule has 4 heteroatoms. The average molecular weight is 293 g/mol. The third-order valence-electron chi connectivity index (χ3n) is 3.33. The fourth-order valence-electron chi connectivity index (χ4n) is 2.16. The molecular formula is C18H12FNO2. The lowest BCUT2D eigenvalue weighted by Crippen LogP contribution is -2.09. The van der Waals surface area contributed by atoms with E-state index in [1.807, 2.05) is 24.3 Å². The van der Waals surface area contributed by atoms with Crippen LogP contribution >= 0.6 is 0 Å². The van der Waals surface area contributed by atoms with Crippen molar-refractivity contribution in [3.63, 3.8) is 0 Å². The number of carbonyl (C=O) groups excluding carboxylic acids is 1. The van der Waals surface area contributed by atoms with Crippen molar-refractivity contribution < 1.29 is 9.18 Å². The van der Waals surface area contributed by atoms with Gasteiger partial charge in [-0.25, -0.2) is 4.39 Å². The average Bonchev–Trinajstić information content (AvgIpc) is 2.53. The minimum Gasteiger partial charge on any atom is -0.321 e. The molecule has 0 saturated carbocycles. The summed E-state index contributed by atoms with van der Waals surface area (Å²) in [6.07, 6.45) is 2.78. The lowest BCUT2D eigenvalue weighted by Gasteiger charge is -1.99. The summed E-state index contributed by atoms with van der Waals surface area (Å²) in [5, 5.41) is 0.885. The number of ketones is 1. The van der Waals surface area contributed by atoms with Gasteiger partial charge in [0.15, 0.2) is 5.78 Å². The number of H-pyrrole nitrogens is 1. The molecular weight excluding hydrogens is 281 g/mol. The molecule has 0 spiro atoms. The largest absolute Gasteiger partial charge is 0.321 e. The summed E-state index contributed by atoms with van der Waals surface area (Å²) < 4.78 is 12.8. The standard InChI is InChI=1S/C18H12FNO2/c19-15-8-5-12(6-9-15)17(21)10-7-14-11-13-3-1-2-4-16(13)20-18(14)22/h1-11H,(H,20,22)/b10-7+. The maximum absolute atomic E-state index is 12.8. The number of halogens is 1. The van der Waals surface area contributed by atoms with Gasteiger partial charge in [-0.1, -0.05) is 18.2 Å². The number of carbonyl (C=O) groups is 1. The number of hydrogen-bond donors (Lipinski definition) is 1. The Kier molecular flexibility index (Phi) is 3.66. The number of benzene rings is 2. The Morgan fingerprint density at radius 2 is 1.77 bits per heavy atom. The van der Waals surface area contributed by atoms with Gasteiger partial charge < -0.3 is 4.98 Å². The first-order chi connectivity index (χ1) is 10.6. The summed E-state index contributed by atoms with van der Waals surface area (Å²) in [7, 11) is 0. The van der Waals surface area contributed by atoms with Crippen LogP contribution in [0.5, 0.6) is 0 Å². The van der Waals surface area contributed by atoms with Crippen LogP contribution in [0.1, 0.15) is 15.9 Å². The second-order valence-corrected chi connectivity index (χ2v) is 4.85. The zero-order chi connectivity index (χ0) is 15.5. The molecule has 22 heavy (non-hydrogen) atoms. The first-order valence-corrected chi connectivity index (χ1v) is 6.73. The van der Waals surface area contributed by atoms with Gasteiger partial charge in [-0.2, -0.15) is 0 Å². The zero-order valence-electron chi connectivity index (χ0n) is 11.5. The molecule has 1 aromatic heterocycles. The Morgan fingerprint density at radius 1 is 1.05 bits per heavy atom. The number of allylic oxidation sites excluding steroid dienone is 1. The van der Waals surface area contributed by atoms with Crippen molar-refractivity contribution in [3.8, 4) is 0 Å². The third-order valence-corrected chi connectivity index (χ3v) is 3.33. The van der Waals surface area contributed by atoms with Crippen LogP contribution in [-0.4, -0.2) is 10.8 Å². The van der Waals surface area contributed by atoms with E-state index in [2.05, 4.69) is 4.98 Å². The van der Waals surface area contributed by atoms with E-state index in [0.717, 1.165) is 10.9 Å². The number of fused-ring (bicyclic) bond motifs is 1. The minimum absolute atomic E-state index is 0.262. The highest BCUT2D eigenvalue weighted by Gasteiger charge is 2.03.